The highest BCUT2D eigenvalue weighted by Crippen LogP contribution is 2.30. The second-order valence-electron chi connectivity index (χ2n) is 11.4. The Morgan fingerprint density at radius 2 is 1.72 bits per heavy atom. The van der Waals surface area contributed by atoms with Crippen molar-refractivity contribution >= 4 is 40.9 Å². The molecule has 1 N–H and O–H groups in total. The Labute approximate surface area is 263 Å². The van der Waals surface area contributed by atoms with Crippen LogP contribution < -0.4 is 10.1 Å². The first kappa shape index (κ1) is 30.9. The third-order valence-corrected chi connectivity index (χ3v) is 9.02. The molecule has 1 unspecified atom stereocenters. The van der Waals surface area contributed by atoms with E-state index in [-0.39, 0.29) is 34.8 Å². The minimum atomic E-state index is -0.607. The van der Waals surface area contributed by atoms with E-state index in [0.29, 0.717) is 41.4 Å². The molecule has 3 atom stereocenters. The average molecular weight is 623 g/mol. The highest BCUT2D eigenvalue weighted by molar-refractivity contribution is 6.36. The molecule has 7 nitrogen and oxygen atoms in total. The number of ether oxygens (including phenoxy) is 1. The zero-order valence-electron chi connectivity index (χ0n) is 24.5. The van der Waals surface area contributed by atoms with E-state index in [9.17, 15) is 14.4 Å². The van der Waals surface area contributed by atoms with Crippen molar-refractivity contribution in [3.8, 4) is 5.75 Å². The van der Waals surface area contributed by atoms with E-state index in [1.54, 1.807) is 48.4 Å². The minimum Gasteiger partial charge on any atom is -0.497 e. The van der Waals surface area contributed by atoms with Crippen molar-refractivity contribution in [1.82, 2.24) is 15.1 Å². The van der Waals surface area contributed by atoms with Crippen LogP contribution in [-0.2, 0) is 11.3 Å². The lowest BCUT2D eigenvalue weighted by molar-refractivity contribution is -0.126. The lowest BCUT2D eigenvalue weighted by Crippen LogP contribution is -2.57. The fourth-order valence-electron chi connectivity index (χ4n) is 6.28. The summed E-state index contributed by atoms with van der Waals surface area (Å²) >= 11 is 12.4. The Morgan fingerprint density at radius 3 is 2.44 bits per heavy atom. The van der Waals surface area contributed by atoms with Crippen LogP contribution in [0.15, 0.2) is 66.7 Å². The van der Waals surface area contributed by atoms with Crippen molar-refractivity contribution in [2.45, 2.75) is 70.1 Å². The number of halogens is 2. The van der Waals surface area contributed by atoms with Crippen molar-refractivity contribution in [1.29, 1.82) is 0 Å². The standard InChI is InChI=1S/C34H37Cl2N3O4/c1-22-7-5-8-23(19-22)21-39(33(41)24-12-15-26(43-2)16-13-24)30-10-4-3-9-29(30)37-32(40)31-11-6-18-38(31)34(42)27-17-14-25(35)20-28(27)36/h5,7-8,12-17,19-20,29-31H,3-4,6,9-11,18,21H2,1-2H3,(H,37,40)/t29?,30-,31-/m1/s1. The van der Waals surface area contributed by atoms with E-state index >= 15 is 0 Å². The van der Waals surface area contributed by atoms with E-state index in [4.69, 9.17) is 27.9 Å². The summed E-state index contributed by atoms with van der Waals surface area (Å²) in [6.45, 7) is 2.93. The van der Waals surface area contributed by atoms with Gasteiger partial charge >= 0.3 is 0 Å². The fourth-order valence-corrected chi connectivity index (χ4v) is 6.77. The Hall–Kier alpha value is -3.55. The number of carbonyl (C=O) groups is 3. The van der Waals surface area contributed by atoms with E-state index in [0.717, 1.165) is 43.2 Å². The number of amides is 3. The van der Waals surface area contributed by atoms with Gasteiger partial charge in [0.2, 0.25) is 5.91 Å². The van der Waals surface area contributed by atoms with Gasteiger partial charge in [0.1, 0.15) is 11.8 Å². The first-order chi connectivity index (χ1) is 20.7. The molecule has 1 aliphatic heterocycles. The molecule has 2 fully saturated rings. The van der Waals surface area contributed by atoms with Crippen LogP contribution >= 0.6 is 23.2 Å². The molecule has 3 amide bonds. The summed E-state index contributed by atoms with van der Waals surface area (Å²) in [7, 11) is 1.60. The summed E-state index contributed by atoms with van der Waals surface area (Å²) in [6, 6.07) is 19.0. The Bertz CT molecular complexity index is 1480. The number of likely N-dealkylation sites (tertiary alicyclic amines) is 1. The summed E-state index contributed by atoms with van der Waals surface area (Å²) in [6.07, 6.45) is 4.72. The molecule has 2 aliphatic rings. The molecule has 0 radical (unpaired) electrons. The zero-order valence-corrected chi connectivity index (χ0v) is 26.0. The summed E-state index contributed by atoms with van der Waals surface area (Å²) in [5.74, 6) is 0.112. The molecular weight excluding hydrogens is 585 g/mol. The number of nitrogens with one attached hydrogen (secondary N) is 1. The van der Waals surface area contributed by atoms with Crippen LogP contribution in [0.1, 0.15) is 70.4 Å². The Balaban J connectivity index is 1.38. The SMILES string of the molecule is COc1ccc(C(=O)N(Cc2cccc(C)c2)[C@@H]2CCCCC2NC(=O)[C@H]2CCCN2C(=O)c2ccc(Cl)cc2Cl)cc1. The second-order valence-corrected chi connectivity index (χ2v) is 12.2. The van der Waals surface area contributed by atoms with E-state index in [1.807, 2.05) is 30.0 Å². The third-order valence-electron chi connectivity index (χ3n) is 8.47. The van der Waals surface area contributed by atoms with Gasteiger partial charge in [0.25, 0.3) is 11.8 Å². The van der Waals surface area contributed by atoms with E-state index in [2.05, 4.69) is 11.4 Å². The van der Waals surface area contributed by atoms with Gasteiger partial charge in [-0.3, -0.25) is 14.4 Å². The van der Waals surface area contributed by atoms with Gasteiger partial charge in [-0.05, 0) is 80.6 Å². The van der Waals surface area contributed by atoms with Gasteiger partial charge in [-0.2, -0.15) is 0 Å². The largest absolute Gasteiger partial charge is 0.497 e. The number of nitrogens with zero attached hydrogens (tertiary/aromatic N) is 2. The van der Waals surface area contributed by atoms with Crippen molar-refractivity contribution in [3.05, 3.63) is 99.0 Å². The van der Waals surface area contributed by atoms with Crippen LogP contribution in [-0.4, -0.2) is 59.3 Å². The molecule has 9 heteroatoms. The van der Waals surface area contributed by atoms with Crippen LogP contribution in [0.5, 0.6) is 5.75 Å². The van der Waals surface area contributed by atoms with Crippen molar-refractivity contribution in [2.75, 3.05) is 13.7 Å². The van der Waals surface area contributed by atoms with Crippen molar-refractivity contribution in [2.24, 2.45) is 0 Å². The molecule has 0 aromatic heterocycles. The van der Waals surface area contributed by atoms with E-state index in [1.165, 1.54) is 6.07 Å². The van der Waals surface area contributed by atoms with Gasteiger partial charge in [0, 0.05) is 29.7 Å². The number of hydrogen-bond acceptors (Lipinski definition) is 4. The number of rotatable bonds is 8. The van der Waals surface area contributed by atoms with Gasteiger partial charge in [0.15, 0.2) is 0 Å². The summed E-state index contributed by atoms with van der Waals surface area (Å²) in [4.78, 5) is 44.8. The predicted molar refractivity (Wildman–Crippen MR) is 169 cm³/mol. The highest BCUT2D eigenvalue weighted by atomic mass is 35.5. The molecule has 43 heavy (non-hydrogen) atoms. The minimum absolute atomic E-state index is 0.0923. The fraction of sp³-hybridized carbons (Fsp3) is 0.382. The van der Waals surface area contributed by atoms with Gasteiger partial charge in [0.05, 0.1) is 23.7 Å². The lowest BCUT2D eigenvalue weighted by Gasteiger charge is -2.41. The Kier molecular flexibility index (Phi) is 9.93. The molecule has 0 bridgehead atoms. The quantitative estimate of drug-likeness (QED) is 0.304. The first-order valence-corrected chi connectivity index (χ1v) is 15.6. The maximum atomic E-state index is 14.1. The van der Waals surface area contributed by atoms with Gasteiger partial charge in [-0.15, -0.1) is 0 Å². The van der Waals surface area contributed by atoms with Crippen molar-refractivity contribution in [3.63, 3.8) is 0 Å². The van der Waals surface area contributed by atoms with Crippen LogP contribution in [0.4, 0.5) is 0 Å². The molecule has 3 aromatic rings. The molecule has 3 aromatic carbocycles. The maximum absolute atomic E-state index is 14.1. The number of aryl methyl sites for hydroxylation is 1. The molecule has 1 saturated heterocycles. The van der Waals surface area contributed by atoms with Gasteiger partial charge in [-0.25, -0.2) is 0 Å². The topological polar surface area (TPSA) is 79.0 Å². The second kappa shape index (κ2) is 13.8. The summed E-state index contributed by atoms with van der Waals surface area (Å²) in [5.41, 5.74) is 3.05. The van der Waals surface area contributed by atoms with Crippen LogP contribution in [0.2, 0.25) is 10.0 Å². The molecule has 1 aliphatic carbocycles. The van der Waals surface area contributed by atoms with Crippen molar-refractivity contribution < 1.29 is 19.1 Å². The summed E-state index contributed by atoms with van der Waals surface area (Å²) in [5, 5.41) is 3.98. The van der Waals surface area contributed by atoms with Crippen LogP contribution in [0.3, 0.4) is 0 Å². The molecular formula is C34H37Cl2N3O4. The highest BCUT2D eigenvalue weighted by Gasteiger charge is 2.39. The molecule has 1 heterocycles. The molecule has 0 spiro atoms. The average Bonchev–Trinajstić information content (AvgIpc) is 3.50. The number of carbonyl (C=O) groups excluding carboxylic acids is 3. The third kappa shape index (κ3) is 7.16. The van der Waals surface area contributed by atoms with Crippen LogP contribution in [0.25, 0.3) is 0 Å². The summed E-state index contributed by atoms with van der Waals surface area (Å²) < 4.78 is 5.30. The number of methoxy groups -OCH3 is 1. The van der Waals surface area contributed by atoms with E-state index < -0.39 is 6.04 Å². The van der Waals surface area contributed by atoms with Gasteiger partial charge in [-0.1, -0.05) is 65.9 Å². The normalized spacial score (nSPS) is 20.0. The molecule has 226 valence electrons. The lowest BCUT2D eigenvalue weighted by atomic mass is 9.88. The first-order valence-electron chi connectivity index (χ1n) is 14.8. The monoisotopic (exact) mass is 621 g/mol. The predicted octanol–water partition coefficient (Wildman–Crippen LogP) is 6.69. The molecule has 1 saturated carbocycles. The smallest absolute Gasteiger partial charge is 0.256 e. The van der Waals surface area contributed by atoms with Gasteiger partial charge < -0.3 is 19.9 Å². The number of benzene rings is 3. The maximum Gasteiger partial charge on any atom is 0.256 e. The van der Waals surface area contributed by atoms with Crippen LogP contribution in [0, 0.1) is 6.92 Å². The Morgan fingerprint density at radius 1 is 0.953 bits per heavy atom. The zero-order chi connectivity index (χ0) is 30.5. The number of hydrogen-bond donors (Lipinski definition) is 1. The molecule has 5 rings (SSSR count).